The second-order valence-corrected chi connectivity index (χ2v) is 11.4. The minimum atomic E-state index is -5.09. The number of nitrogens with one attached hydrogen (secondary N) is 1. The zero-order valence-corrected chi connectivity index (χ0v) is 21.3. The molecule has 0 aliphatic heterocycles. The summed E-state index contributed by atoms with van der Waals surface area (Å²) in [5.74, 6) is -1.67. The van der Waals surface area contributed by atoms with Crippen LogP contribution in [-0.4, -0.2) is 70.6 Å². The first-order valence-corrected chi connectivity index (χ1v) is 13.5. The molecule has 1 saturated carbocycles. The maximum absolute atomic E-state index is 12.9. The maximum atomic E-state index is 12.9. The Balaban J connectivity index is 1.55. The van der Waals surface area contributed by atoms with Crippen molar-refractivity contribution in [1.29, 1.82) is 0 Å². The smallest absolute Gasteiger partial charge is 0.406 e. The van der Waals surface area contributed by atoms with Gasteiger partial charge >= 0.3 is 6.36 Å². The predicted molar refractivity (Wildman–Crippen MR) is 124 cm³/mol. The van der Waals surface area contributed by atoms with Gasteiger partial charge in [-0.1, -0.05) is 11.3 Å². The van der Waals surface area contributed by atoms with Gasteiger partial charge in [-0.05, 0) is 38.0 Å². The van der Waals surface area contributed by atoms with E-state index in [-0.39, 0.29) is 23.3 Å². The first kappa shape index (κ1) is 26.5. The highest BCUT2D eigenvalue weighted by Crippen LogP contribution is 2.29. The first-order valence-electron chi connectivity index (χ1n) is 10.8. The summed E-state index contributed by atoms with van der Waals surface area (Å²) in [6.45, 7) is 1.55. The molecule has 37 heavy (non-hydrogen) atoms. The number of nitrogens with zero attached hydrogens (tertiary/aromatic N) is 5. The molecule has 0 unspecified atom stereocenters. The van der Waals surface area contributed by atoms with E-state index in [2.05, 4.69) is 25.1 Å². The molecule has 198 valence electrons. The number of ether oxygens (including phenoxy) is 1. The molecule has 2 aromatic heterocycles. The number of hydrogen-bond donors (Lipinski definition) is 1. The molecule has 1 atom stereocenters. The Labute approximate surface area is 213 Å². The van der Waals surface area contributed by atoms with E-state index < -0.39 is 38.8 Å². The van der Waals surface area contributed by atoms with Crippen molar-refractivity contribution in [3.63, 3.8) is 0 Å². The number of carbonyl (C=O) groups excluding carboxylic acids is 2. The lowest BCUT2D eigenvalue weighted by molar-refractivity contribution is -0.274. The Morgan fingerprint density at radius 3 is 2.57 bits per heavy atom. The zero-order valence-electron chi connectivity index (χ0n) is 19.7. The molecule has 1 aromatic carbocycles. The van der Waals surface area contributed by atoms with E-state index in [0.717, 1.165) is 42.6 Å². The number of amides is 2. The van der Waals surface area contributed by atoms with Crippen LogP contribution in [0, 0.1) is 0 Å². The Bertz CT molecular complexity index is 1450. The van der Waals surface area contributed by atoms with Crippen LogP contribution in [0.3, 0.4) is 0 Å². The highest BCUT2D eigenvalue weighted by atomic mass is 32.2. The van der Waals surface area contributed by atoms with Crippen molar-refractivity contribution in [2.45, 2.75) is 43.1 Å². The zero-order chi connectivity index (χ0) is 27.1. The molecule has 1 N–H and O–H groups in total. The van der Waals surface area contributed by atoms with Gasteiger partial charge in [0.25, 0.3) is 11.8 Å². The summed E-state index contributed by atoms with van der Waals surface area (Å²) in [6.07, 6.45) is 0.257. The van der Waals surface area contributed by atoms with E-state index in [9.17, 15) is 31.2 Å². The lowest BCUT2D eigenvalue weighted by atomic mass is 10.2. The van der Waals surface area contributed by atoms with E-state index in [1.165, 1.54) is 17.2 Å². The predicted octanol–water partition coefficient (Wildman–Crippen LogP) is 2.75. The SMILES string of the molecule is C[C@H](NC(=O)c1cc(OC(F)(F)F)cc(S(C)(=O)=O)c1)c1ncnn1-c1ncc(C(=O)N(C)C2CC2)s1. The minimum Gasteiger partial charge on any atom is -0.406 e. The second-order valence-electron chi connectivity index (χ2n) is 8.39. The van der Waals surface area contributed by atoms with Gasteiger partial charge < -0.3 is 15.0 Å². The number of halogens is 3. The molecule has 0 radical (unpaired) electrons. The average Bonchev–Trinajstić information content (AvgIpc) is 3.32. The van der Waals surface area contributed by atoms with Gasteiger partial charge in [0.2, 0.25) is 5.13 Å². The Hall–Kier alpha value is -3.53. The highest BCUT2D eigenvalue weighted by molar-refractivity contribution is 7.90. The molecular weight excluding hydrogens is 537 g/mol. The van der Waals surface area contributed by atoms with Gasteiger partial charge in [0.05, 0.1) is 17.1 Å². The lowest BCUT2D eigenvalue weighted by Gasteiger charge is -2.15. The largest absolute Gasteiger partial charge is 0.573 e. The van der Waals surface area contributed by atoms with Crippen molar-refractivity contribution in [2.75, 3.05) is 13.3 Å². The minimum absolute atomic E-state index is 0.170. The van der Waals surface area contributed by atoms with Crippen molar-refractivity contribution in [3.05, 3.63) is 47.0 Å². The van der Waals surface area contributed by atoms with Crippen LogP contribution in [0.4, 0.5) is 13.2 Å². The fraction of sp³-hybridized carbons (Fsp3) is 0.381. The third-order valence-electron chi connectivity index (χ3n) is 5.41. The van der Waals surface area contributed by atoms with Crippen LogP contribution in [0.5, 0.6) is 5.75 Å². The van der Waals surface area contributed by atoms with E-state index >= 15 is 0 Å². The topological polar surface area (TPSA) is 136 Å². The highest BCUT2D eigenvalue weighted by Gasteiger charge is 2.33. The number of carbonyl (C=O) groups is 2. The fourth-order valence-electron chi connectivity index (χ4n) is 3.41. The molecule has 3 aromatic rings. The summed E-state index contributed by atoms with van der Waals surface area (Å²) in [4.78, 5) is 35.4. The molecule has 2 heterocycles. The van der Waals surface area contributed by atoms with Crippen LogP contribution in [-0.2, 0) is 9.84 Å². The molecule has 11 nitrogen and oxygen atoms in total. The van der Waals surface area contributed by atoms with Crippen LogP contribution in [0.15, 0.2) is 35.6 Å². The van der Waals surface area contributed by atoms with Crippen LogP contribution in [0.25, 0.3) is 5.13 Å². The molecule has 1 aliphatic rings. The van der Waals surface area contributed by atoms with Crippen molar-refractivity contribution < 1.29 is 35.9 Å². The summed E-state index contributed by atoms with van der Waals surface area (Å²) >= 11 is 1.09. The number of hydrogen-bond acceptors (Lipinski definition) is 9. The normalized spacial score (nSPS) is 14.8. The number of rotatable bonds is 8. The maximum Gasteiger partial charge on any atom is 0.573 e. The molecule has 0 saturated heterocycles. The van der Waals surface area contributed by atoms with Gasteiger partial charge in [-0.15, -0.1) is 13.2 Å². The number of alkyl halides is 3. The molecule has 1 fully saturated rings. The van der Waals surface area contributed by atoms with Crippen molar-refractivity contribution in [1.82, 2.24) is 30.0 Å². The Kier molecular flexibility index (Phi) is 6.98. The number of sulfone groups is 1. The monoisotopic (exact) mass is 558 g/mol. The van der Waals surface area contributed by atoms with Crippen LogP contribution in [0.1, 0.15) is 51.7 Å². The standard InChI is InChI=1S/C21H21F3N6O5S2/c1-11(28-18(31)12-6-14(35-21(22,23)24)8-15(7-12)37(3,33)34)17-26-10-27-30(17)20-25-9-16(36-20)19(32)29(2)13-4-5-13/h6-11,13H,4-5H2,1-3H3,(H,28,31)/t11-/m0/s1. The van der Waals surface area contributed by atoms with Gasteiger partial charge in [0.15, 0.2) is 15.7 Å². The van der Waals surface area contributed by atoms with Gasteiger partial charge in [-0.25, -0.2) is 18.4 Å². The summed E-state index contributed by atoms with van der Waals surface area (Å²) in [5, 5.41) is 6.98. The Morgan fingerprint density at radius 2 is 1.95 bits per heavy atom. The fourth-order valence-corrected chi connectivity index (χ4v) is 4.95. The van der Waals surface area contributed by atoms with E-state index in [4.69, 9.17) is 0 Å². The third-order valence-corrected chi connectivity index (χ3v) is 7.47. The quantitative estimate of drug-likeness (QED) is 0.446. The van der Waals surface area contributed by atoms with E-state index in [1.54, 1.807) is 18.9 Å². The van der Waals surface area contributed by atoms with Crippen molar-refractivity contribution >= 4 is 33.0 Å². The summed E-state index contributed by atoms with van der Waals surface area (Å²) in [7, 11) is -2.23. The van der Waals surface area contributed by atoms with Gasteiger partial charge in [-0.3, -0.25) is 9.59 Å². The summed E-state index contributed by atoms with van der Waals surface area (Å²) in [6, 6.07) is 1.80. The van der Waals surface area contributed by atoms with Crippen molar-refractivity contribution in [3.8, 4) is 10.9 Å². The molecule has 0 spiro atoms. The van der Waals surface area contributed by atoms with Crippen LogP contribution >= 0.6 is 11.3 Å². The van der Waals surface area contributed by atoms with Crippen molar-refractivity contribution in [2.24, 2.45) is 0 Å². The number of aromatic nitrogens is 4. The van der Waals surface area contributed by atoms with Gasteiger partial charge in [-0.2, -0.15) is 9.78 Å². The average molecular weight is 559 g/mol. The van der Waals surface area contributed by atoms with Crippen LogP contribution < -0.4 is 10.1 Å². The van der Waals surface area contributed by atoms with E-state index in [0.29, 0.717) is 16.1 Å². The third kappa shape index (κ3) is 6.25. The summed E-state index contributed by atoms with van der Waals surface area (Å²) in [5.41, 5.74) is -0.370. The van der Waals surface area contributed by atoms with Gasteiger partial charge in [0, 0.05) is 24.9 Å². The molecule has 4 rings (SSSR count). The number of benzene rings is 1. The Morgan fingerprint density at radius 1 is 1.24 bits per heavy atom. The number of thiazole rings is 1. The van der Waals surface area contributed by atoms with E-state index in [1.807, 2.05) is 0 Å². The second kappa shape index (κ2) is 9.74. The van der Waals surface area contributed by atoms with Gasteiger partial charge in [0.1, 0.15) is 17.0 Å². The molecular formula is C21H21F3N6O5S2. The van der Waals surface area contributed by atoms with Crippen LogP contribution in [0.2, 0.25) is 0 Å². The molecule has 2 amide bonds. The summed E-state index contributed by atoms with van der Waals surface area (Å²) < 4.78 is 67.2. The first-order chi connectivity index (χ1) is 17.2. The molecule has 16 heteroatoms. The molecule has 0 bridgehead atoms. The lowest BCUT2D eigenvalue weighted by Crippen LogP contribution is -2.29. The molecule has 1 aliphatic carbocycles.